The molecular formula is C19H24N4O3. The Balaban J connectivity index is 1.68. The molecule has 0 radical (unpaired) electrons. The molecule has 0 spiro atoms. The number of hydrogen-bond acceptors (Lipinski definition) is 5. The third-order valence-corrected chi connectivity index (χ3v) is 5.23. The van der Waals surface area contributed by atoms with Crippen molar-refractivity contribution < 1.29 is 14.6 Å². The van der Waals surface area contributed by atoms with Gasteiger partial charge in [0.25, 0.3) is 5.91 Å². The van der Waals surface area contributed by atoms with Crippen molar-refractivity contribution in [2.75, 3.05) is 19.8 Å². The Morgan fingerprint density at radius 3 is 2.81 bits per heavy atom. The minimum atomic E-state index is -0.443. The van der Waals surface area contributed by atoms with Crippen LogP contribution in [0.2, 0.25) is 0 Å². The molecule has 1 saturated heterocycles. The average Bonchev–Trinajstić information content (AvgIpc) is 2.95. The molecule has 26 heavy (non-hydrogen) atoms. The van der Waals surface area contributed by atoms with Crippen LogP contribution >= 0.6 is 0 Å². The summed E-state index contributed by atoms with van der Waals surface area (Å²) in [6.45, 7) is 1.52. The molecule has 0 bridgehead atoms. The van der Waals surface area contributed by atoms with Gasteiger partial charge in [-0.2, -0.15) is 0 Å². The standard InChI is InChI=1S/C19H24N4O3/c24-13-15-17(14-7-3-1-4-8-14)23(11-12-26-15)19(25)18-21-20-16-9-5-2-6-10-22(16)18/h1,3-4,7-8,15,17,24H,2,5-6,9-13H2/t15-,17-/m1/s1. The van der Waals surface area contributed by atoms with Crippen LogP contribution < -0.4 is 0 Å². The highest BCUT2D eigenvalue weighted by Crippen LogP contribution is 2.31. The summed E-state index contributed by atoms with van der Waals surface area (Å²) in [6, 6.07) is 9.40. The maximum atomic E-state index is 13.4. The van der Waals surface area contributed by atoms with Crippen LogP contribution in [0.25, 0.3) is 0 Å². The lowest BCUT2D eigenvalue weighted by molar-refractivity contribution is -0.0815. The van der Waals surface area contributed by atoms with Gasteiger partial charge in [0.05, 0.1) is 19.3 Å². The molecule has 2 aliphatic rings. The molecule has 2 atom stereocenters. The number of carbonyl (C=O) groups is 1. The smallest absolute Gasteiger partial charge is 0.292 e. The van der Waals surface area contributed by atoms with Crippen molar-refractivity contribution in [2.24, 2.45) is 0 Å². The fraction of sp³-hybridized carbons (Fsp3) is 0.526. The van der Waals surface area contributed by atoms with Crippen molar-refractivity contribution in [1.29, 1.82) is 0 Å². The van der Waals surface area contributed by atoms with Gasteiger partial charge in [-0.15, -0.1) is 10.2 Å². The number of fused-ring (bicyclic) bond motifs is 1. The number of hydrogen-bond donors (Lipinski definition) is 1. The molecule has 3 heterocycles. The SMILES string of the molecule is O=C(c1nnc2n1CCCCC2)N1CCO[C@H](CO)[C@H]1c1ccccc1. The molecule has 1 aromatic carbocycles. The number of aliphatic hydroxyl groups is 1. The predicted molar refractivity (Wildman–Crippen MR) is 94.6 cm³/mol. The van der Waals surface area contributed by atoms with E-state index in [4.69, 9.17) is 4.74 Å². The number of aryl methyl sites for hydroxylation is 1. The van der Waals surface area contributed by atoms with Crippen molar-refractivity contribution in [3.05, 3.63) is 47.5 Å². The Labute approximate surface area is 152 Å². The molecule has 2 aromatic rings. The molecule has 0 unspecified atom stereocenters. The second-order valence-corrected chi connectivity index (χ2v) is 6.85. The number of aromatic nitrogens is 3. The molecule has 1 aromatic heterocycles. The summed E-state index contributed by atoms with van der Waals surface area (Å²) < 4.78 is 7.71. The summed E-state index contributed by atoms with van der Waals surface area (Å²) in [5, 5.41) is 18.3. The van der Waals surface area contributed by atoms with Crippen LogP contribution in [0.3, 0.4) is 0 Å². The minimum absolute atomic E-state index is 0.138. The summed E-state index contributed by atoms with van der Waals surface area (Å²) in [5.41, 5.74) is 0.954. The van der Waals surface area contributed by atoms with Crippen molar-refractivity contribution in [2.45, 2.75) is 44.4 Å². The van der Waals surface area contributed by atoms with Gasteiger partial charge in [-0.1, -0.05) is 36.8 Å². The Hall–Kier alpha value is -2.25. The third kappa shape index (κ3) is 3.12. The highest BCUT2D eigenvalue weighted by Gasteiger charge is 2.38. The Morgan fingerprint density at radius 1 is 1.15 bits per heavy atom. The first-order chi connectivity index (χ1) is 12.8. The molecule has 138 valence electrons. The molecule has 1 amide bonds. The summed E-state index contributed by atoms with van der Waals surface area (Å²) in [5.74, 6) is 1.16. The number of ether oxygens (including phenoxy) is 1. The molecule has 0 aliphatic carbocycles. The second kappa shape index (κ2) is 7.55. The van der Waals surface area contributed by atoms with Crippen LogP contribution in [0.4, 0.5) is 0 Å². The van der Waals surface area contributed by atoms with E-state index in [0.717, 1.165) is 43.6 Å². The number of rotatable bonds is 3. The Bertz CT molecular complexity index is 761. The molecule has 2 aliphatic heterocycles. The van der Waals surface area contributed by atoms with Crippen molar-refractivity contribution in [3.63, 3.8) is 0 Å². The van der Waals surface area contributed by atoms with E-state index in [2.05, 4.69) is 10.2 Å². The fourth-order valence-electron chi connectivity index (χ4n) is 3.93. The maximum absolute atomic E-state index is 13.4. The number of morpholine rings is 1. The molecule has 7 nitrogen and oxygen atoms in total. The van der Waals surface area contributed by atoms with Gasteiger partial charge in [0.15, 0.2) is 0 Å². The largest absolute Gasteiger partial charge is 0.394 e. The van der Waals surface area contributed by atoms with E-state index in [1.54, 1.807) is 4.90 Å². The molecule has 0 saturated carbocycles. The molecule has 1 fully saturated rings. The maximum Gasteiger partial charge on any atom is 0.292 e. The van der Waals surface area contributed by atoms with Crippen LogP contribution in [-0.2, 0) is 17.7 Å². The van der Waals surface area contributed by atoms with Crippen LogP contribution in [0.5, 0.6) is 0 Å². The number of carbonyl (C=O) groups excluding carboxylic acids is 1. The predicted octanol–water partition coefficient (Wildman–Crippen LogP) is 1.58. The van der Waals surface area contributed by atoms with Gasteiger partial charge in [-0.3, -0.25) is 4.79 Å². The fourth-order valence-corrected chi connectivity index (χ4v) is 3.93. The molecule has 7 heteroatoms. The molecule has 1 N–H and O–H groups in total. The first-order valence-electron chi connectivity index (χ1n) is 9.30. The van der Waals surface area contributed by atoms with E-state index < -0.39 is 6.10 Å². The number of benzene rings is 1. The highest BCUT2D eigenvalue weighted by molar-refractivity contribution is 5.91. The monoisotopic (exact) mass is 356 g/mol. The zero-order valence-corrected chi connectivity index (χ0v) is 14.8. The Morgan fingerprint density at radius 2 is 2.00 bits per heavy atom. The van der Waals surface area contributed by atoms with E-state index >= 15 is 0 Å². The van der Waals surface area contributed by atoms with E-state index in [0.29, 0.717) is 19.0 Å². The number of amides is 1. The van der Waals surface area contributed by atoms with Gasteiger partial charge in [-0.05, 0) is 18.4 Å². The summed E-state index contributed by atoms with van der Waals surface area (Å²) >= 11 is 0. The van der Waals surface area contributed by atoms with Gasteiger partial charge in [-0.25, -0.2) is 0 Å². The number of nitrogens with zero attached hydrogens (tertiary/aromatic N) is 4. The topological polar surface area (TPSA) is 80.5 Å². The third-order valence-electron chi connectivity index (χ3n) is 5.23. The van der Waals surface area contributed by atoms with E-state index in [-0.39, 0.29) is 18.6 Å². The van der Waals surface area contributed by atoms with Crippen molar-refractivity contribution in [3.8, 4) is 0 Å². The van der Waals surface area contributed by atoms with E-state index in [1.807, 2.05) is 34.9 Å². The lowest BCUT2D eigenvalue weighted by Gasteiger charge is -2.40. The molecular weight excluding hydrogens is 332 g/mol. The van der Waals surface area contributed by atoms with Gasteiger partial charge in [0.1, 0.15) is 11.9 Å². The number of aliphatic hydroxyl groups excluding tert-OH is 1. The zero-order valence-electron chi connectivity index (χ0n) is 14.8. The van der Waals surface area contributed by atoms with E-state index in [1.165, 1.54) is 0 Å². The van der Waals surface area contributed by atoms with Crippen LogP contribution in [0, 0.1) is 0 Å². The van der Waals surface area contributed by atoms with Crippen molar-refractivity contribution in [1.82, 2.24) is 19.7 Å². The lowest BCUT2D eigenvalue weighted by Crippen LogP contribution is -2.50. The first kappa shape index (κ1) is 17.2. The zero-order chi connectivity index (χ0) is 17.9. The Kier molecular flexibility index (Phi) is 4.99. The van der Waals surface area contributed by atoms with E-state index in [9.17, 15) is 9.90 Å². The normalized spacial score (nSPS) is 23.3. The summed E-state index contributed by atoms with van der Waals surface area (Å²) in [7, 11) is 0. The van der Waals surface area contributed by atoms with Crippen LogP contribution in [-0.4, -0.2) is 56.5 Å². The van der Waals surface area contributed by atoms with Crippen LogP contribution in [0.15, 0.2) is 30.3 Å². The van der Waals surface area contributed by atoms with Gasteiger partial charge < -0.3 is 19.3 Å². The minimum Gasteiger partial charge on any atom is -0.394 e. The lowest BCUT2D eigenvalue weighted by atomic mass is 9.98. The highest BCUT2D eigenvalue weighted by atomic mass is 16.5. The second-order valence-electron chi connectivity index (χ2n) is 6.85. The van der Waals surface area contributed by atoms with Gasteiger partial charge in [0, 0.05) is 19.5 Å². The van der Waals surface area contributed by atoms with Gasteiger partial charge >= 0.3 is 0 Å². The average molecular weight is 356 g/mol. The van der Waals surface area contributed by atoms with Crippen molar-refractivity contribution >= 4 is 5.91 Å². The summed E-state index contributed by atoms with van der Waals surface area (Å²) in [6.07, 6.45) is 3.69. The summed E-state index contributed by atoms with van der Waals surface area (Å²) in [4.78, 5) is 15.1. The van der Waals surface area contributed by atoms with Gasteiger partial charge in [0.2, 0.25) is 5.82 Å². The molecule has 4 rings (SSSR count). The quantitative estimate of drug-likeness (QED) is 0.903. The van der Waals surface area contributed by atoms with Crippen LogP contribution in [0.1, 0.15) is 47.3 Å². The first-order valence-corrected chi connectivity index (χ1v) is 9.30.